The average molecular weight is 230 g/mol. The van der Waals surface area contributed by atoms with Crippen molar-refractivity contribution in [2.24, 2.45) is 5.73 Å². The monoisotopic (exact) mass is 230 g/mol. The van der Waals surface area contributed by atoms with Crippen LogP contribution in [0.25, 0.3) is 0 Å². The highest BCUT2D eigenvalue weighted by Crippen LogP contribution is 2.39. The third-order valence-corrected chi connectivity index (χ3v) is 4.32. The highest BCUT2D eigenvalue weighted by atomic mass is 32.2. The number of thioether (sulfide) groups is 1. The van der Waals surface area contributed by atoms with Gasteiger partial charge in [0.05, 0.1) is 6.04 Å². The van der Waals surface area contributed by atoms with Crippen LogP contribution in [0.5, 0.6) is 0 Å². The lowest BCUT2D eigenvalue weighted by atomic mass is 10.1. The van der Waals surface area contributed by atoms with Crippen molar-refractivity contribution >= 4 is 34.9 Å². The molecule has 4 nitrogen and oxygen atoms in total. The molecule has 0 saturated carbocycles. The molecule has 2 aliphatic rings. The first-order valence-electron chi connectivity index (χ1n) is 4.17. The second kappa shape index (κ2) is 3.22. The van der Waals surface area contributed by atoms with E-state index >= 15 is 0 Å². The maximum atomic E-state index is 11.0. The van der Waals surface area contributed by atoms with Gasteiger partial charge < -0.3 is 15.7 Å². The Morgan fingerprint density at radius 3 is 3.00 bits per heavy atom. The van der Waals surface area contributed by atoms with Crippen LogP contribution >= 0.6 is 24.0 Å². The van der Waals surface area contributed by atoms with E-state index in [9.17, 15) is 4.79 Å². The lowest BCUT2D eigenvalue weighted by Gasteiger charge is -2.50. The number of aliphatic carboxylic acids is 1. The molecule has 0 bridgehead atoms. The molecule has 2 rings (SSSR count). The van der Waals surface area contributed by atoms with Crippen molar-refractivity contribution in [2.45, 2.75) is 18.3 Å². The topological polar surface area (TPSA) is 66.6 Å². The van der Waals surface area contributed by atoms with E-state index in [-0.39, 0.29) is 11.4 Å². The Labute approximate surface area is 91.1 Å². The van der Waals surface area contributed by atoms with Gasteiger partial charge in [0, 0.05) is 5.75 Å². The minimum absolute atomic E-state index is 0.0253. The van der Waals surface area contributed by atoms with Crippen LogP contribution in [0.3, 0.4) is 0 Å². The minimum atomic E-state index is -0.915. The molecule has 0 aliphatic carbocycles. The molecule has 2 heterocycles. The normalized spacial score (nSPS) is 31.3. The summed E-state index contributed by atoms with van der Waals surface area (Å²) in [7, 11) is 0. The Morgan fingerprint density at radius 1 is 1.79 bits per heavy atom. The van der Waals surface area contributed by atoms with Crippen molar-refractivity contribution in [3.05, 3.63) is 11.3 Å². The van der Waals surface area contributed by atoms with Gasteiger partial charge in [-0.1, -0.05) is 12.2 Å². The molecule has 14 heavy (non-hydrogen) atoms. The van der Waals surface area contributed by atoms with E-state index in [0.717, 1.165) is 11.3 Å². The number of hydrogen-bond acceptors (Lipinski definition) is 4. The Hall–Kier alpha value is -0.590. The summed E-state index contributed by atoms with van der Waals surface area (Å²) < 4.78 is 0. The quantitative estimate of drug-likeness (QED) is 0.635. The van der Waals surface area contributed by atoms with E-state index in [1.807, 2.05) is 6.92 Å². The lowest BCUT2D eigenvalue weighted by Crippen LogP contribution is -2.67. The second-order valence-corrected chi connectivity index (χ2v) is 4.89. The van der Waals surface area contributed by atoms with Crippen LogP contribution in [0.4, 0.5) is 0 Å². The molecule has 0 aromatic carbocycles. The SMILES string of the molecule is CC1=C(C(=O)O)N2C(=S)[C@@H](N)[C@@H]2SC1. The number of carboxylic acid groups (broad SMARTS) is 1. The van der Waals surface area contributed by atoms with Crippen molar-refractivity contribution in [1.29, 1.82) is 0 Å². The summed E-state index contributed by atoms with van der Waals surface area (Å²) in [5.41, 5.74) is 6.94. The summed E-state index contributed by atoms with van der Waals surface area (Å²) in [5.74, 6) is -0.193. The first kappa shape index (κ1) is 9.95. The van der Waals surface area contributed by atoms with Crippen LogP contribution in [0.15, 0.2) is 11.3 Å². The molecule has 0 aromatic rings. The van der Waals surface area contributed by atoms with E-state index in [0.29, 0.717) is 10.7 Å². The maximum Gasteiger partial charge on any atom is 0.352 e. The zero-order chi connectivity index (χ0) is 10.5. The summed E-state index contributed by atoms with van der Waals surface area (Å²) in [6, 6.07) is -0.169. The standard InChI is InChI=1S/C8H10N2O2S2/c1-3-2-14-7-4(9)6(13)10(7)5(3)8(11)12/h4,7H,2,9H2,1H3,(H,11,12)/t4-,7+/m1/s1. The van der Waals surface area contributed by atoms with Crippen molar-refractivity contribution in [2.75, 3.05) is 5.75 Å². The molecule has 2 aliphatic heterocycles. The molecule has 2 atom stereocenters. The van der Waals surface area contributed by atoms with Gasteiger partial charge in [-0.3, -0.25) is 0 Å². The zero-order valence-electron chi connectivity index (χ0n) is 7.56. The molecule has 6 heteroatoms. The van der Waals surface area contributed by atoms with Crippen LogP contribution in [0, 0.1) is 0 Å². The summed E-state index contributed by atoms with van der Waals surface area (Å²) in [6.45, 7) is 1.82. The highest BCUT2D eigenvalue weighted by molar-refractivity contribution is 8.00. The number of nitrogens with zero attached hydrogens (tertiary/aromatic N) is 1. The summed E-state index contributed by atoms with van der Waals surface area (Å²) in [5, 5.41) is 9.05. The van der Waals surface area contributed by atoms with Crippen LogP contribution in [0.1, 0.15) is 6.92 Å². The predicted octanol–water partition coefficient (Wildman–Crippen LogP) is 0.388. The van der Waals surface area contributed by atoms with E-state index in [4.69, 9.17) is 23.1 Å². The fourth-order valence-corrected chi connectivity index (χ4v) is 3.42. The van der Waals surface area contributed by atoms with Crippen LogP contribution in [-0.4, -0.2) is 38.1 Å². The first-order valence-corrected chi connectivity index (χ1v) is 5.63. The Bertz CT molecular complexity index is 353. The van der Waals surface area contributed by atoms with Gasteiger partial charge in [-0.2, -0.15) is 0 Å². The van der Waals surface area contributed by atoms with E-state index in [2.05, 4.69) is 0 Å². The fourth-order valence-electron chi connectivity index (χ4n) is 1.67. The number of fused-ring (bicyclic) bond motifs is 1. The second-order valence-electron chi connectivity index (χ2n) is 3.37. The van der Waals surface area contributed by atoms with Gasteiger partial charge >= 0.3 is 5.97 Å². The van der Waals surface area contributed by atoms with Crippen LogP contribution in [-0.2, 0) is 4.79 Å². The predicted molar refractivity (Wildman–Crippen MR) is 59.0 cm³/mol. The van der Waals surface area contributed by atoms with Gasteiger partial charge in [-0.25, -0.2) is 4.79 Å². The summed E-state index contributed by atoms with van der Waals surface area (Å²) in [6.07, 6.45) is 0. The van der Waals surface area contributed by atoms with Gasteiger partial charge in [-0.15, -0.1) is 11.8 Å². The first-order chi connectivity index (χ1) is 6.54. The number of carbonyl (C=O) groups is 1. The third-order valence-electron chi connectivity index (χ3n) is 2.40. The fraction of sp³-hybridized carbons (Fsp3) is 0.500. The molecule has 76 valence electrons. The molecule has 0 aromatic heterocycles. The van der Waals surface area contributed by atoms with Gasteiger partial charge in [0.2, 0.25) is 0 Å². The summed E-state index contributed by atoms with van der Waals surface area (Å²) in [4.78, 5) is 13.2. The van der Waals surface area contributed by atoms with Crippen LogP contribution in [0.2, 0.25) is 0 Å². The smallest absolute Gasteiger partial charge is 0.352 e. The van der Waals surface area contributed by atoms with Crippen molar-refractivity contribution in [3.8, 4) is 0 Å². The van der Waals surface area contributed by atoms with Crippen molar-refractivity contribution in [1.82, 2.24) is 4.90 Å². The molecule has 1 saturated heterocycles. The Balaban J connectivity index is 2.37. The molecule has 0 spiro atoms. The van der Waals surface area contributed by atoms with Gasteiger partial charge in [0.15, 0.2) is 0 Å². The highest BCUT2D eigenvalue weighted by Gasteiger charge is 2.48. The molecule has 0 radical (unpaired) electrons. The van der Waals surface area contributed by atoms with Crippen molar-refractivity contribution in [3.63, 3.8) is 0 Å². The largest absolute Gasteiger partial charge is 0.477 e. The summed E-state index contributed by atoms with van der Waals surface area (Å²) >= 11 is 6.69. The molecular weight excluding hydrogens is 220 g/mol. The Morgan fingerprint density at radius 2 is 2.43 bits per heavy atom. The molecule has 3 N–H and O–H groups in total. The zero-order valence-corrected chi connectivity index (χ0v) is 9.19. The van der Waals surface area contributed by atoms with Gasteiger partial charge in [0.1, 0.15) is 16.1 Å². The third kappa shape index (κ3) is 1.18. The lowest BCUT2D eigenvalue weighted by molar-refractivity contribution is -0.134. The molecule has 0 unspecified atom stereocenters. The number of rotatable bonds is 1. The van der Waals surface area contributed by atoms with E-state index in [1.54, 1.807) is 16.7 Å². The minimum Gasteiger partial charge on any atom is -0.477 e. The molecule has 0 amide bonds. The van der Waals surface area contributed by atoms with Gasteiger partial charge in [-0.05, 0) is 12.5 Å². The van der Waals surface area contributed by atoms with Crippen LogP contribution < -0.4 is 5.73 Å². The Kier molecular flexibility index (Phi) is 2.29. The van der Waals surface area contributed by atoms with E-state index < -0.39 is 5.97 Å². The number of carboxylic acids is 1. The number of thiocarbonyl (C=S) groups is 1. The van der Waals surface area contributed by atoms with Gasteiger partial charge in [0.25, 0.3) is 0 Å². The van der Waals surface area contributed by atoms with E-state index in [1.165, 1.54) is 0 Å². The number of nitrogens with two attached hydrogens (primary N) is 1. The maximum absolute atomic E-state index is 11.0. The van der Waals surface area contributed by atoms with Crippen molar-refractivity contribution < 1.29 is 9.90 Å². The molecule has 1 fully saturated rings. The molecular formula is C8H10N2O2S2. The number of hydrogen-bond donors (Lipinski definition) is 2. The average Bonchev–Trinajstić information content (AvgIpc) is 2.15.